The summed E-state index contributed by atoms with van der Waals surface area (Å²) in [7, 11) is 0. The fraction of sp³-hybridized carbons (Fsp3) is 0.442. The molecular weight excluding hydrogens is 738 g/mol. The molecule has 304 valence electrons. The zero-order valence-corrected chi connectivity index (χ0v) is 32.5. The van der Waals surface area contributed by atoms with Crippen molar-refractivity contribution in [3.8, 4) is 11.1 Å². The van der Waals surface area contributed by atoms with E-state index < -0.39 is 72.3 Å². The van der Waals surface area contributed by atoms with E-state index in [0.717, 1.165) is 27.8 Å². The number of carbonyl (C=O) groups is 6. The van der Waals surface area contributed by atoms with Gasteiger partial charge >= 0.3 is 35.9 Å². The second kappa shape index (κ2) is 20.4. The zero-order chi connectivity index (χ0) is 40.9. The largest absolute Gasteiger partial charge is 0.465 e. The molecule has 0 radical (unpaired) electrons. The van der Waals surface area contributed by atoms with Crippen molar-refractivity contribution in [2.24, 2.45) is 5.92 Å². The van der Waals surface area contributed by atoms with Crippen LogP contribution in [0.1, 0.15) is 76.0 Å². The van der Waals surface area contributed by atoms with Gasteiger partial charge < -0.3 is 38.5 Å². The molecular formula is C43H49NO13. The molecule has 2 unspecified atom stereocenters. The van der Waals surface area contributed by atoms with E-state index in [0.29, 0.717) is 12.8 Å². The smallest absolute Gasteiger partial charge is 0.407 e. The van der Waals surface area contributed by atoms with E-state index >= 15 is 0 Å². The average Bonchev–Trinajstić information content (AvgIpc) is 3.50. The molecule has 0 aromatic heterocycles. The Labute approximate surface area is 331 Å². The van der Waals surface area contributed by atoms with Gasteiger partial charge in [-0.2, -0.15) is 0 Å². The number of carbonyl (C=O) groups excluding carboxylic acids is 6. The van der Waals surface area contributed by atoms with Gasteiger partial charge in [-0.15, -0.1) is 0 Å². The zero-order valence-electron chi connectivity index (χ0n) is 32.5. The highest BCUT2D eigenvalue weighted by Gasteiger charge is 2.51. The van der Waals surface area contributed by atoms with Crippen LogP contribution in [-0.4, -0.2) is 86.2 Å². The minimum absolute atomic E-state index is 0.0111. The number of hydrogen-bond donors (Lipinski definition) is 1. The number of ether oxygens (including phenoxy) is 7. The van der Waals surface area contributed by atoms with Gasteiger partial charge in [0.2, 0.25) is 0 Å². The molecule has 1 amide bonds. The van der Waals surface area contributed by atoms with Gasteiger partial charge in [0.05, 0.1) is 12.7 Å². The van der Waals surface area contributed by atoms with Crippen molar-refractivity contribution >= 4 is 35.9 Å². The van der Waals surface area contributed by atoms with Crippen LogP contribution in [-0.2, 0) is 63.7 Å². The maximum Gasteiger partial charge on any atom is 0.407 e. The molecule has 0 heterocycles. The Hall–Kier alpha value is -5.76. The van der Waals surface area contributed by atoms with Crippen LogP contribution in [0, 0.1) is 5.92 Å². The second-order valence-electron chi connectivity index (χ2n) is 14.0. The van der Waals surface area contributed by atoms with E-state index in [4.69, 9.17) is 33.2 Å². The molecule has 0 saturated heterocycles. The summed E-state index contributed by atoms with van der Waals surface area (Å²) in [5, 5.41) is 2.70. The summed E-state index contributed by atoms with van der Waals surface area (Å²) >= 11 is 0. The Kier molecular flexibility index (Phi) is 15.2. The number of esters is 5. The number of rotatable bonds is 17. The van der Waals surface area contributed by atoms with Crippen LogP contribution in [0.2, 0.25) is 0 Å². The first-order chi connectivity index (χ1) is 27.4. The molecule has 1 saturated carbocycles. The fourth-order valence-corrected chi connectivity index (χ4v) is 7.34. The Morgan fingerprint density at radius 2 is 1.21 bits per heavy atom. The maximum absolute atomic E-state index is 13.4. The number of amides is 1. The lowest BCUT2D eigenvalue weighted by molar-refractivity contribution is -0.221. The van der Waals surface area contributed by atoms with Crippen molar-refractivity contribution in [2.75, 3.05) is 19.8 Å². The molecule has 1 N–H and O–H groups in total. The molecule has 57 heavy (non-hydrogen) atoms. The molecule has 6 atom stereocenters. The predicted molar refractivity (Wildman–Crippen MR) is 203 cm³/mol. The second-order valence-corrected chi connectivity index (χ2v) is 14.0. The quantitative estimate of drug-likeness (QED) is 0.102. The van der Waals surface area contributed by atoms with Gasteiger partial charge in [-0.1, -0.05) is 78.9 Å². The van der Waals surface area contributed by atoms with Crippen molar-refractivity contribution in [3.05, 3.63) is 95.6 Å². The van der Waals surface area contributed by atoms with Crippen LogP contribution in [0.15, 0.2) is 78.9 Å². The van der Waals surface area contributed by atoms with Crippen LogP contribution < -0.4 is 5.32 Å². The molecule has 1 fully saturated rings. The number of hydrogen-bond acceptors (Lipinski definition) is 13. The SMILES string of the molecule is CC(=O)OCC1C[C@@H](OCCCC[C@H](NC(=O)OCC2c3ccccc3-c3ccccc32)C(=O)OCc2ccccc2)C(OC(C)=O)[C@@H](OC(C)=O)[C@H]1OC(C)=O. The molecule has 0 aliphatic heterocycles. The lowest BCUT2D eigenvalue weighted by Crippen LogP contribution is -2.59. The highest BCUT2D eigenvalue weighted by Crippen LogP contribution is 2.44. The van der Waals surface area contributed by atoms with Gasteiger partial charge in [0.25, 0.3) is 0 Å². The topological polar surface area (TPSA) is 179 Å². The Morgan fingerprint density at radius 1 is 0.632 bits per heavy atom. The molecule has 2 aliphatic rings. The minimum Gasteiger partial charge on any atom is -0.465 e. The van der Waals surface area contributed by atoms with Crippen LogP contribution in [0.4, 0.5) is 4.79 Å². The van der Waals surface area contributed by atoms with Crippen LogP contribution >= 0.6 is 0 Å². The third-order valence-electron chi connectivity index (χ3n) is 9.78. The molecule has 0 spiro atoms. The Bertz CT molecular complexity index is 1840. The van der Waals surface area contributed by atoms with Gasteiger partial charge in [0.1, 0.15) is 25.4 Å². The summed E-state index contributed by atoms with van der Waals surface area (Å²) in [4.78, 5) is 74.8. The molecule has 3 aromatic rings. The molecule has 3 aromatic carbocycles. The average molecular weight is 788 g/mol. The number of benzene rings is 3. The summed E-state index contributed by atoms with van der Waals surface area (Å²) in [6.45, 7) is 4.77. The maximum atomic E-state index is 13.4. The lowest BCUT2D eigenvalue weighted by Gasteiger charge is -2.44. The van der Waals surface area contributed by atoms with Gasteiger partial charge in [0, 0.05) is 46.1 Å². The summed E-state index contributed by atoms with van der Waals surface area (Å²) in [6.07, 6.45) is -4.03. The third kappa shape index (κ3) is 11.9. The summed E-state index contributed by atoms with van der Waals surface area (Å²) in [5.74, 6) is -4.10. The van der Waals surface area contributed by atoms with Crippen molar-refractivity contribution in [3.63, 3.8) is 0 Å². The van der Waals surface area contributed by atoms with Crippen LogP contribution in [0.5, 0.6) is 0 Å². The molecule has 14 heteroatoms. The first kappa shape index (κ1) is 42.4. The van der Waals surface area contributed by atoms with E-state index in [1.54, 1.807) is 0 Å². The lowest BCUT2D eigenvalue weighted by atomic mass is 9.80. The highest BCUT2D eigenvalue weighted by molar-refractivity contribution is 5.82. The monoisotopic (exact) mass is 787 g/mol. The highest BCUT2D eigenvalue weighted by atomic mass is 16.6. The molecule has 0 bridgehead atoms. The van der Waals surface area contributed by atoms with Crippen LogP contribution in [0.3, 0.4) is 0 Å². The number of fused-ring (bicyclic) bond motifs is 3. The van der Waals surface area contributed by atoms with Gasteiger partial charge in [0.15, 0.2) is 12.2 Å². The van der Waals surface area contributed by atoms with E-state index in [9.17, 15) is 28.8 Å². The van der Waals surface area contributed by atoms with E-state index in [-0.39, 0.29) is 45.2 Å². The van der Waals surface area contributed by atoms with Gasteiger partial charge in [-0.3, -0.25) is 19.2 Å². The van der Waals surface area contributed by atoms with Crippen molar-refractivity contribution in [2.45, 2.75) is 96.4 Å². The summed E-state index contributed by atoms with van der Waals surface area (Å²) < 4.78 is 39.4. The standard InChI is InChI=1S/C43H49NO13/c1-26(45)52-24-31-22-38(40(56-28(3)47)41(57-29(4)48)39(31)55-27(2)46)51-21-13-12-20-37(42(49)53-23-30-14-6-5-7-15-30)44-43(50)54-25-36-34-18-10-8-16-32(34)33-17-9-11-19-35(33)36/h5-11,14-19,31,36-41H,12-13,20-25H2,1-4H3,(H,44,50)/t31?,37-,38+,39-,40?,41-/m0/s1. The van der Waals surface area contributed by atoms with Crippen molar-refractivity contribution in [1.29, 1.82) is 0 Å². The third-order valence-corrected chi connectivity index (χ3v) is 9.78. The number of alkyl carbamates (subject to hydrolysis) is 1. The minimum atomic E-state index is -1.25. The first-order valence-electron chi connectivity index (χ1n) is 19.0. The van der Waals surface area contributed by atoms with E-state index in [1.807, 2.05) is 78.9 Å². The first-order valence-corrected chi connectivity index (χ1v) is 19.0. The molecule has 5 rings (SSSR count). The van der Waals surface area contributed by atoms with E-state index in [1.165, 1.54) is 27.7 Å². The number of nitrogens with one attached hydrogen (secondary N) is 1. The van der Waals surface area contributed by atoms with Crippen molar-refractivity contribution in [1.82, 2.24) is 5.32 Å². The molecule has 14 nitrogen and oxygen atoms in total. The van der Waals surface area contributed by atoms with Crippen LogP contribution in [0.25, 0.3) is 11.1 Å². The fourth-order valence-electron chi connectivity index (χ4n) is 7.34. The van der Waals surface area contributed by atoms with Gasteiger partial charge in [-0.05, 0) is 53.5 Å². The summed E-state index contributed by atoms with van der Waals surface area (Å²) in [6, 6.07) is 24.1. The predicted octanol–water partition coefficient (Wildman–Crippen LogP) is 5.57. The molecule has 2 aliphatic carbocycles. The summed E-state index contributed by atoms with van der Waals surface area (Å²) in [5.41, 5.74) is 5.07. The Morgan fingerprint density at radius 3 is 1.82 bits per heavy atom. The van der Waals surface area contributed by atoms with Gasteiger partial charge in [-0.25, -0.2) is 9.59 Å². The number of unbranched alkanes of at least 4 members (excludes halogenated alkanes) is 1. The van der Waals surface area contributed by atoms with E-state index in [2.05, 4.69) is 5.32 Å². The Balaban J connectivity index is 1.23. The normalized spacial score (nSPS) is 20.2. The van der Waals surface area contributed by atoms with Crippen molar-refractivity contribution < 1.29 is 61.9 Å².